The zero-order valence-electron chi connectivity index (χ0n) is 16.3. The Morgan fingerprint density at radius 2 is 2.07 bits per heavy atom. The lowest BCUT2D eigenvalue weighted by atomic mass is 10.2. The SMILES string of the molecule is COCCN(Cc1ccccc1)C(=O)Nc1cccc(OCC2CCCO2)c1. The lowest BCUT2D eigenvalue weighted by Gasteiger charge is -2.23. The highest BCUT2D eigenvalue weighted by Gasteiger charge is 2.17. The average Bonchev–Trinajstić information content (AvgIpc) is 3.24. The third-order valence-electron chi connectivity index (χ3n) is 4.61. The van der Waals surface area contributed by atoms with Crippen molar-refractivity contribution in [3.8, 4) is 5.75 Å². The Balaban J connectivity index is 1.59. The fourth-order valence-electron chi connectivity index (χ4n) is 3.09. The Morgan fingerprint density at radius 3 is 2.82 bits per heavy atom. The quantitative estimate of drug-likeness (QED) is 0.712. The summed E-state index contributed by atoms with van der Waals surface area (Å²) in [4.78, 5) is 14.5. The van der Waals surface area contributed by atoms with Crippen molar-refractivity contribution in [2.45, 2.75) is 25.5 Å². The highest BCUT2D eigenvalue weighted by Crippen LogP contribution is 2.20. The summed E-state index contributed by atoms with van der Waals surface area (Å²) in [6.07, 6.45) is 2.28. The maximum atomic E-state index is 12.8. The van der Waals surface area contributed by atoms with Gasteiger partial charge in [0.05, 0.1) is 12.7 Å². The molecule has 0 aromatic heterocycles. The van der Waals surface area contributed by atoms with Crippen LogP contribution in [0.25, 0.3) is 0 Å². The van der Waals surface area contributed by atoms with Crippen LogP contribution in [0.15, 0.2) is 54.6 Å². The first kappa shape index (κ1) is 20.2. The van der Waals surface area contributed by atoms with E-state index in [0.717, 1.165) is 30.8 Å². The van der Waals surface area contributed by atoms with Crippen molar-refractivity contribution < 1.29 is 19.0 Å². The number of amides is 2. The Labute approximate surface area is 166 Å². The van der Waals surface area contributed by atoms with Crippen molar-refractivity contribution >= 4 is 11.7 Å². The number of hydrogen-bond acceptors (Lipinski definition) is 4. The molecule has 3 rings (SSSR count). The van der Waals surface area contributed by atoms with Crippen LogP contribution in [0.3, 0.4) is 0 Å². The molecule has 1 aliphatic heterocycles. The zero-order chi connectivity index (χ0) is 19.6. The van der Waals surface area contributed by atoms with Gasteiger partial charge in [-0.25, -0.2) is 4.79 Å². The van der Waals surface area contributed by atoms with Gasteiger partial charge in [-0.05, 0) is 30.5 Å². The second-order valence-electron chi connectivity index (χ2n) is 6.80. The van der Waals surface area contributed by atoms with Crippen LogP contribution in [-0.2, 0) is 16.0 Å². The van der Waals surface area contributed by atoms with E-state index in [1.807, 2.05) is 54.6 Å². The standard InChI is InChI=1S/C22H28N2O4/c1-26-14-12-24(16-18-7-3-2-4-8-18)22(25)23-19-9-5-10-20(15-19)28-17-21-11-6-13-27-21/h2-5,7-10,15,21H,6,11-14,16-17H2,1H3,(H,23,25). The van der Waals surface area contributed by atoms with Gasteiger partial charge < -0.3 is 24.4 Å². The van der Waals surface area contributed by atoms with Crippen LogP contribution in [0.1, 0.15) is 18.4 Å². The lowest BCUT2D eigenvalue weighted by Crippen LogP contribution is -2.36. The molecule has 2 aromatic rings. The van der Waals surface area contributed by atoms with E-state index in [1.54, 1.807) is 12.0 Å². The summed E-state index contributed by atoms with van der Waals surface area (Å²) >= 11 is 0. The molecule has 1 unspecified atom stereocenters. The molecule has 28 heavy (non-hydrogen) atoms. The van der Waals surface area contributed by atoms with Gasteiger partial charge in [0.25, 0.3) is 0 Å². The smallest absolute Gasteiger partial charge is 0.322 e. The van der Waals surface area contributed by atoms with Gasteiger partial charge in [0.2, 0.25) is 0 Å². The number of urea groups is 1. The van der Waals surface area contributed by atoms with Crippen LogP contribution in [-0.4, -0.2) is 50.5 Å². The van der Waals surface area contributed by atoms with E-state index >= 15 is 0 Å². The van der Waals surface area contributed by atoms with Gasteiger partial charge in [0.1, 0.15) is 12.4 Å². The van der Waals surface area contributed by atoms with Gasteiger partial charge in [0, 0.05) is 38.6 Å². The molecule has 1 N–H and O–H groups in total. The third-order valence-corrected chi connectivity index (χ3v) is 4.61. The topological polar surface area (TPSA) is 60.0 Å². The van der Waals surface area contributed by atoms with E-state index in [1.165, 1.54) is 0 Å². The van der Waals surface area contributed by atoms with Gasteiger partial charge in [-0.1, -0.05) is 36.4 Å². The van der Waals surface area contributed by atoms with Crippen LogP contribution < -0.4 is 10.1 Å². The fourth-order valence-corrected chi connectivity index (χ4v) is 3.09. The molecule has 1 saturated heterocycles. The molecule has 1 aliphatic rings. The summed E-state index contributed by atoms with van der Waals surface area (Å²) in [5.74, 6) is 0.722. The monoisotopic (exact) mass is 384 g/mol. The van der Waals surface area contributed by atoms with Crippen LogP contribution >= 0.6 is 0 Å². The minimum absolute atomic E-state index is 0.161. The molecule has 0 radical (unpaired) electrons. The molecule has 2 aromatic carbocycles. The number of methoxy groups -OCH3 is 1. The van der Waals surface area contributed by atoms with E-state index in [0.29, 0.717) is 32.0 Å². The highest BCUT2D eigenvalue weighted by atomic mass is 16.5. The Morgan fingerprint density at radius 1 is 1.21 bits per heavy atom. The molecular weight excluding hydrogens is 356 g/mol. The second kappa shape index (κ2) is 10.7. The van der Waals surface area contributed by atoms with Crippen molar-refractivity contribution in [1.29, 1.82) is 0 Å². The Hall–Kier alpha value is -2.57. The van der Waals surface area contributed by atoms with Crippen LogP contribution in [0.2, 0.25) is 0 Å². The molecule has 0 saturated carbocycles. The number of rotatable bonds is 9. The zero-order valence-corrected chi connectivity index (χ0v) is 16.3. The van der Waals surface area contributed by atoms with Crippen molar-refractivity contribution in [2.24, 2.45) is 0 Å². The van der Waals surface area contributed by atoms with Crippen molar-refractivity contribution in [2.75, 3.05) is 38.8 Å². The summed E-state index contributed by atoms with van der Waals surface area (Å²) in [6, 6.07) is 17.2. The lowest BCUT2D eigenvalue weighted by molar-refractivity contribution is 0.0680. The van der Waals surface area contributed by atoms with Crippen LogP contribution in [0.4, 0.5) is 10.5 Å². The second-order valence-corrected chi connectivity index (χ2v) is 6.80. The van der Waals surface area contributed by atoms with Crippen LogP contribution in [0, 0.1) is 0 Å². The molecule has 1 fully saturated rings. The molecule has 0 spiro atoms. The largest absolute Gasteiger partial charge is 0.491 e. The van der Waals surface area contributed by atoms with Gasteiger partial charge in [-0.3, -0.25) is 0 Å². The minimum atomic E-state index is -0.169. The number of nitrogens with zero attached hydrogens (tertiary/aromatic N) is 1. The van der Waals surface area contributed by atoms with Crippen molar-refractivity contribution in [1.82, 2.24) is 4.90 Å². The van der Waals surface area contributed by atoms with E-state index in [9.17, 15) is 4.79 Å². The highest BCUT2D eigenvalue weighted by molar-refractivity contribution is 5.89. The maximum Gasteiger partial charge on any atom is 0.322 e. The molecule has 6 heteroatoms. The molecule has 1 heterocycles. The molecule has 1 atom stereocenters. The number of carbonyl (C=O) groups is 1. The first-order chi connectivity index (χ1) is 13.7. The molecule has 6 nitrogen and oxygen atoms in total. The summed E-state index contributed by atoms with van der Waals surface area (Å²) in [5, 5.41) is 2.96. The van der Waals surface area contributed by atoms with E-state index in [2.05, 4.69) is 5.32 Å². The minimum Gasteiger partial charge on any atom is -0.491 e. The Kier molecular flexibility index (Phi) is 7.70. The third kappa shape index (κ3) is 6.25. The summed E-state index contributed by atoms with van der Waals surface area (Å²) in [5.41, 5.74) is 1.77. The van der Waals surface area contributed by atoms with Crippen LogP contribution in [0.5, 0.6) is 5.75 Å². The normalized spacial score (nSPS) is 16.0. The Bertz CT molecular complexity index is 732. The van der Waals surface area contributed by atoms with Gasteiger partial charge in [-0.15, -0.1) is 0 Å². The van der Waals surface area contributed by atoms with E-state index in [-0.39, 0.29) is 12.1 Å². The molecule has 2 amide bonds. The van der Waals surface area contributed by atoms with E-state index < -0.39 is 0 Å². The van der Waals surface area contributed by atoms with Crippen molar-refractivity contribution in [3.63, 3.8) is 0 Å². The van der Waals surface area contributed by atoms with Gasteiger partial charge in [-0.2, -0.15) is 0 Å². The van der Waals surface area contributed by atoms with Crippen molar-refractivity contribution in [3.05, 3.63) is 60.2 Å². The predicted octanol–water partition coefficient (Wildman–Crippen LogP) is 3.92. The first-order valence-corrected chi connectivity index (χ1v) is 9.68. The molecule has 150 valence electrons. The predicted molar refractivity (Wildman–Crippen MR) is 109 cm³/mol. The van der Waals surface area contributed by atoms with E-state index in [4.69, 9.17) is 14.2 Å². The number of benzene rings is 2. The number of anilines is 1. The summed E-state index contributed by atoms with van der Waals surface area (Å²) in [7, 11) is 1.63. The fraction of sp³-hybridized carbons (Fsp3) is 0.409. The molecular formula is C22H28N2O4. The summed E-state index contributed by atoms with van der Waals surface area (Å²) < 4.78 is 16.6. The number of nitrogens with one attached hydrogen (secondary N) is 1. The summed E-state index contributed by atoms with van der Waals surface area (Å²) in [6.45, 7) is 2.84. The molecule has 0 bridgehead atoms. The number of carbonyl (C=O) groups excluding carboxylic acids is 1. The number of ether oxygens (including phenoxy) is 3. The first-order valence-electron chi connectivity index (χ1n) is 9.68. The van der Waals surface area contributed by atoms with Gasteiger partial charge >= 0.3 is 6.03 Å². The molecule has 0 aliphatic carbocycles. The average molecular weight is 384 g/mol. The maximum absolute atomic E-state index is 12.8. The van der Waals surface area contributed by atoms with Gasteiger partial charge in [0.15, 0.2) is 0 Å². The number of hydrogen-bond donors (Lipinski definition) is 1.